The quantitative estimate of drug-likeness (QED) is 0.0522. The summed E-state index contributed by atoms with van der Waals surface area (Å²) < 4.78 is 10.7. The molecule has 0 bridgehead atoms. The number of ether oxygens (including phenoxy) is 2. The van der Waals surface area contributed by atoms with Gasteiger partial charge in [-0.05, 0) is 87.6 Å². The normalized spacial score (nSPS) is 12.8. The molecule has 0 saturated heterocycles. The number of carbonyl (C=O) groups is 6. The van der Waals surface area contributed by atoms with Gasteiger partial charge in [0.15, 0.2) is 0 Å². The fourth-order valence-corrected chi connectivity index (χ4v) is 6.03. The molecule has 4 atom stereocenters. The SMILES string of the molecule is NCCCC[C@@H](NC(=O)OCc1ccccc1)C(=O)NCCCC[C@@H](NC(=O)[C@@H](CCCCN)NC(=O)OCc1ccccc1)C(=O)N[C@H](Cc1ccccc1)C(N)=O. The number of alkyl carbamates (subject to hydrolysis) is 2. The topological polar surface area (TPSA) is 259 Å². The average molecular weight is 817 g/mol. The van der Waals surface area contributed by atoms with Crippen LogP contribution in [0.1, 0.15) is 74.5 Å². The third-order valence-corrected chi connectivity index (χ3v) is 9.33. The molecule has 0 radical (unpaired) electrons. The van der Waals surface area contributed by atoms with Gasteiger partial charge in [-0.2, -0.15) is 0 Å². The van der Waals surface area contributed by atoms with Gasteiger partial charge in [0.05, 0.1) is 0 Å². The molecule has 320 valence electrons. The van der Waals surface area contributed by atoms with Gasteiger partial charge >= 0.3 is 12.2 Å². The van der Waals surface area contributed by atoms with Crippen LogP contribution in [0, 0.1) is 0 Å². The summed E-state index contributed by atoms with van der Waals surface area (Å²) in [6.07, 6.45) is 2.41. The van der Waals surface area contributed by atoms with Crippen molar-refractivity contribution in [3.8, 4) is 0 Å². The Labute approximate surface area is 346 Å². The number of carbonyl (C=O) groups excluding carboxylic acids is 6. The molecule has 3 aromatic carbocycles. The fourth-order valence-electron chi connectivity index (χ4n) is 6.03. The number of rotatable bonds is 27. The molecule has 0 aliphatic rings. The Morgan fingerprint density at radius 3 is 1.31 bits per heavy atom. The number of benzene rings is 3. The molecule has 0 spiro atoms. The highest BCUT2D eigenvalue weighted by atomic mass is 16.6. The smallest absolute Gasteiger partial charge is 0.408 e. The number of nitrogens with one attached hydrogen (secondary N) is 5. The highest BCUT2D eigenvalue weighted by molar-refractivity contribution is 5.93. The summed E-state index contributed by atoms with van der Waals surface area (Å²) in [6.45, 7) is 1.05. The van der Waals surface area contributed by atoms with Crippen molar-refractivity contribution in [2.24, 2.45) is 17.2 Å². The zero-order valence-corrected chi connectivity index (χ0v) is 33.6. The van der Waals surface area contributed by atoms with Crippen molar-refractivity contribution in [2.75, 3.05) is 19.6 Å². The standard InChI is InChI=1S/C43H60N8O8/c44-25-13-10-22-34(50-42(56)58-29-32-18-6-2-7-19-32)39(53)47-27-15-12-24-35(40(54)49-37(38(46)52)28-31-16-4-1-5-17-31)48-41(55)36(23-11-14-26-45)51-43(57)59-30-33-20-8-3-9-21-33/h1-9,16-21,34-37H,10-15,22-30,44-45H2,(H2,46,52)(H,47,53)(H,48,55)(H,49,54)(H,50,56)(H,51,57)/t34-,35-,36-,37-/m1/s1. The molecule has 11 N–H and O–H groups in total. The molecule has 0 saturated carbocycles. The number of nitrogens with two attached hydrogens (primary N) is 3. The summed E-state index contributed by atoms with van der Waals surface area (Å²) in [4.78, 5) is 78.6. The first kappa shape index (κ1) is 47.4. The minimum absolute atomic E-state index is 0.00977. The van der Waals surface area contributed by atoms with Crippen molar-refractivity contribution in [3.63, 3.8) is 0 Å². The highest BCUT2D eigenvalue weighted by Crippen LogP contribution is 2.10. The molecule has 6 amide bonds. The van der Waals surface area contributed by atoms with Gasteiger partial charge in [0, 0.05) is 13.0 Å². The molecular weight excluding hydrogens is 757 g/mol. The van der Waals surface area contributed by atoms with E-state index in [-0.39, 0.29) is 39.0 Å². The second kappa shape index (κ2) is 27.6. The number of hydrogen-bond donors (Lipinski definition) is 8. The van der Waals surface area contributed by atoms with Crippen molar-refractivity contribution in [3.05, 3.63) is 108 Å². The zero-order valence-electron chi connectivity index (χ0n) is 33.6. The van der Waals surface area contributed by atoms with Gasteiger partial charge in [0.25, 0.3) is 0 Å². The molecular formula is C43H60N8O8. The van der Waals surface area contributed by atoms with E-state index < -0.39 is 60.0 Å². The van der Waals surface area contributed by atoms with E-state index in [1.165, 1.54) is 0 Å². The monoisotopic (exact) mass is 816 g/mol. The second-order valence-corrected chi connectivity index (χ2v) is 14.1. The van der Waals surface area contributed by atoms with Gasteiger partial charge in [0.2, 0.25) is 23.6 Å². The molecule has 0 unspecified atom stereocenters. The van der Waals surface area contributed by atoms with Crippen molar-refractivity contribution in [1.29, 1.82) is 0 Å². The Balaban J connectivity index is 1.66. The van der Waals surface area contributed by atoms with E-state index in [1.807, 2.05) is 54.6 Å². The molecule has 0 aromatic heterocycles. The highest BCUT2D eigenvalue weighted by Gasteiger charge is 2.29. The summed E-state index contributed by atoms with van der Waals surface area (Å²) in [5, 5.41) is 13.6. The van der Waals surface area contributed by atoms with E-state index in [2.05, 4.69) is 26.6 Å². The molecule has 0 fully saturated rings. The third-order valence-electron chi connectivity index (χ3n) is 9.33. The van der Waals surface area contributed by atoms with E-state index in [0.717, 1.165) is 16.7 Å². The zero-order chi connectivity index (χ0) is 42.7. The molecule has 3 aromatic rings. The van der Waals surface area contributed by atoms with Gasteiger partial charge in [-0.3, -0.25) is 19.2 Å². The van der Waals surface area contributed by atoms with E-state index in [4.69, 9.17) is 26.7 Å². The maximum atomic E-state index is 13.8. The van der Waals surface area contributed by atoms with E-state index >= 15 is 0 Å². The summed E-state index contributed by atoms with van der Waals surface area (Å²) in [7, 11) is 0. The maximum absolute atomic E-state index is 13.8. The minimum Gasteiger partial charge on any atom is -0.445 e. The van der Waals surface area contributed by atoms with Crippen LogP contribution >= 0.6 is 0 Å². The lowest BCUT2D eigenvalue weighted by molar-refractivity contribution is -0.132. The van der Waals surface area contributed by atoms with E-state index in [9.17, 15) is 28.8 Å². The molecule has 3 rings (SSSR count). The van der Waals surface area contributed by atoms with Crippen LogP contribution in [-0.2, 0) is 48.3 Å². The molecule has 0 aliphatic heterocycles. The Morgan fingerprint density at radius 2 is 0.864 bits per heavy atom. The largest absolute Gasteiger partial charge is 0.445 e. The lowest BCUT2D eigenvalue weighted by Crippen LogP contribution is -2.56. The summed E-state index contributed by atoms with van der Waals surface area (Å²) in [5.74, 6) is -2.43. The van der Waals surface area contributed by atoms with Gasteiger partial charge < -0.3 is 53.3 Å². The predicted molar refractivity (Wildman–Crippen MR) is 223 cm³/mol. The van der Waals surface area contributed by atoms with Crippen molar-refractivity contribution in [1.82, 2.24) is 26.6 Å². The van der Waals surface area contributed by atoms with Crippen LogP contribution in [-0.4, -0.2) is 79.6 Å². The van der Waals surface area contributed by atoms with Crippen LogP contribution in [0.15, 0.2) is 91.0 Å². The summed E-state index contributed by atoms with van der Waals surface area (Å²) in [5.41, 5.74) is 19.4. The van der Waals surface area contributed by atoms with Gasteiger partial charge in [0.1, 0.15) is 37.4 Å². The number of hydrogen-bond acceptors (Lipinski definition) is 10. The van der Waals surface area contributed by atoms with Crippen LogP contribution < -0.4 is 43.8 Å². The minimum atomic E-state index is -1.14. The Kier molecular flexibility index (Phi) is 22.2. The first-order valence-electron chi connectivity index (χ1n) is 20.2. The van der Waals surface area contributed by atoms with Crippen LogP contribution in [0.3, 0.4) is 0 Å². The summed E-state index contributed by atoms with van der Waals surface area (Å²) in [6, 6.07) is 23.1. The molecule has 0 heterocycles. The maximum Gasteiger partial charge on any atom is 0.408 e. The van der Waals surface area contributed by atoms with Crippen LogP contribution in [0.4, 0.5) is 9.59 Å². The molecule has 16 heteroatoms. The van der Waals surface area contributed by atoms with Crippen molar-refractivity contribution >= 4 is 35.8 Å². The van der Waals surface area contributed by atoms with Gasteiger partial charge in [-0.25, -0.2) is 9.59 Å². The Hall–Kier alpha value is -6.00. The van der Waals surface area contributed by atoms with E-state index in [1.54, 1.807) is 36.4 Å². The second-order valence-electron chi connectivity index (χ2n) is 14.1. The van der Waals surface area contributed by atoms with Gasteiger partial charge in [-0.1, -0.05) is 91.0 Å². The third kappa shape index (κ3) is 19.3. The van der Waals surface area contributed by atoms with Crippen molar-refractivity contribution in [2.45, 2.75) is 102 Å². The lowest BCUT2D eigenvalue weighted by atomic mass is 10.0. The summed E-state index contributed by atoms with van der Waals surface area (Å²) >= 11 is 0. The van der Waals surface area contributed by atoms with E-state index in [0.29, 0.717) is 58.0 Å². The number of amides is 6. The number of unbranched alkanes of at least 4 members (excludes halogenated alkanes) is 3. The molecule has 16 nitrogen and oxygen atoms in total. The first-order valence-corrected chi connectivity index (χ1v) is 20.2. The lowest BCUT2D eigenvalue weighted by Gasteiger charge is -2.25. The molecule has 0 aliphatic carbocycles. The number of primary amides is 1. The van der Waals surface area contributed by atoms with Crippen LogP contribution in [0.2, 0.25) is 0 Å². The fraction of sp³-hybridized carbons (Fsp3) is 0.442. The Morgan fingerprint density at radius 1 is 0.475 bits per heavy atom. The van der Waals surface area contributed by atoms with Gasteiger partial charge in [-0.15, -0.1) is 0 Å². The van der Waals surface area contributed by atoms with Crippen LogP contribution in [0.25, 0.3) is 0 Å². The average Bonchev–Trinajstić information content (AvgIpc) is 3.24. The van der Waals surface area contributed by atoms with Crippen molar-refractivity contribution < 1.29 is 38.2 Å². The van der Waals surface area contributed by atoms with Crippen LogP contribution in [0.5, 0.6) is 0 Å². The predicted octanol–water partition coefficient (Wildman–Crippen LogP) is 2.82. The first-order chi connectivity index (χ1) is 28.6. The Bertz CT molecular complexity index is 1720. The molecule has 59 heavy (non-hydrogen) atoms.